The fourth-order valence-corrected chi connectivity index (χ4v) is 3.66. The van der Waals surface area contributed by atoms with E-state index in [2.05, 4.69) is 77.1 Å². The van der Waals surface area contributed by atoms with Gasteiger partial charge in [-0.25, -0.2) is 0 Å². The highest BCUT2D eigenvalue weighted by Gasteiger charge is 2.22. The summed E-state index contributed by atoms with van der Waals surface area (Å²) in [4.78, 5) is 2.15. The fourth-order valence-electron chi connectivity index (χ4n) is 2.15. The normalized spacial score (nSPS) is 23.8. The highest BCUT2D eigenvalue weighted by molar-refractivity contribution is 9.10. The third kappa shape index (κ3) is 3.32. The van der Waals surface area contributed by atoms with Gasteiger partial charge in [0.1, 0.15) is 0 Å². The zero-order valence-corrected chi connectivity index (χ0v) is 12.9. The maximum absolute atomic E-state index is 3.67. The van der Waals surface area contributed by atoms with E-state index in [9.17, 15) is 0 Å². The molecule has 0 aromatic heterocycles. The molecule has 4 heteroatoms. The minimum absolute atomic E-state index is 0.600. The van der Waals surface area contributed by atoms with Crippen LogP contribution < -0.4 is 10.2 Å². The van der Waals surface area contributed by atoms with Crippen molar-refractivity contribution in [2.24, 2.45) is 0 Å². The van der Waals surface area contributed by atoms with Crippen molar-refractivity contribution in [3.8, 4) is 0 Å². The van der Waals surface area contributed by atoms with E-state index in [1.54, 1.807) is 0 Å². The molecule has 0 aliphatic carbocycles. The molecule has 1 N–H and O–H groups in total. The number of thioether (sulfide) groups is 1. The lowest BCUT2D eigenvalue weighted by molar-refractivity contribution is 0.747. The van der Waals surface area contributed by atoms with E-state index in [0.29, 0.717) is 6.04 Å². The molecule has 1 saturated heterocycles. The third-order valence-electron chi connectivity index (χ3n) is 3.00. The molecule has 1 aliphatic rings. The first-order valence-electron chi connectivity index (χ1n) is 5.91. The van der Waals surface area contributed by atoms with Crippen molar-refractivity contribution < 1.29 is 0 Å². The molecule has 2 unspecified atom stereocenters. The quantitative estimate of drug-likeness (QED) is 0.913. The van der Waals surface area contributed by atoms with Gasteiger partial charge in [-0.3, -0.25) is 0 Å². The molecular formula is C13H19BrN2S. The standard InChI is InChI=1S/C13H19BrN2S/c1-9-6-11(8-17-9)15-12-7-10(14)4-5-13(12)16(2)3/h4-5,7,9,11,15H,6,8H2,1-3H3. The van der Waals surface area contributed by atoms with Crippen LogP contribution in [0.5, 0.6) is 0 Å². The lowest BCUT2D eigenvalue weighted by atomic mass is 10.1. The molecule has 2 nitrogen and oxygen atoms in total. The van der Waals surface area contributed by atoms with Crippen LogP contribution in [-0.4, -0.2) is 31.1 Å². The molecule has 1 heterocycles. The Morgan fingerprint density at radius 3 is 2.76 bits per heavy atom. The second kappa shape index (κ2) is 5.53. The Labute approximate surface area is 116 Å². The number of benzene rings is 1. The molecular weight excluding hydrogens is 296 g/mol. The van der Waals surface area contributed by atoms with Crippen molar-refractivity contribution in [2.45, 2.75) is 24.6 Å². The van der Waals surface area contributed by atoms with Gasteiger partial charge >= 0.3 is 0 Å². The zero-order chi connectivity index (χ0) is 12.4. The molecule has 1 fully saturated rings. The summed E-state index contributed by atoms with van der Waals surface area (Å²) < 4.78 is 1.13. The first-order chi connectivity index (χ1) is 8.06. The number of nitrogens with one attached hydrogen (secondary N) is 1. The van der Waals surface area contributed by atoms with Crippen molar-refractivity contribution in [1.29, 1.82) is 0 Å². The van der Waals surface area contributed by atoms with Crippen molar-refractivity contribution in [3.63, 3.8) is 0 Å². The molecule has 17 heavy (non-hydrogen) atoms. The summed E-state index contributed by atoms with van der Waals surface area (Å²) in [6, 6.07) is 7.01. The summed E-state index contributed by atoms with van der Waals surface area (Å²) in [5.41, 5.74) is 2.47. The second-order valence-electron chi connectivity index (χ2n) is 4.78. The van der Waals surface area contributed by atoms with Crippen LogP contribution in [0, 0.1) is 0 Å². The molecule has 0 radical (unpaired) electrons. The monoisotopic (exact) mass is 314 g/mol. The van der Waals surface area contributed by atoms with E-state index < -0.39 is 0 Å². The smallest absolute Gasteiger partial charge is 0.0597 e. The number of anilines is 2. The van der Waals surface area contributed by atoms with Gasteiger partial charge in [-0.2, -0.15) is 11.8 Å². The highest BCUT2D eigenvalue weighted by Crippen LogP contribution is 2.33. The van der Waals surface area contributed by atoms with Gasteiger partial charge in [0.25, 0.3) is 0 Å². The van der Waals surface area contributed by atoms with E-state index in [1.165, 1.54) is 23.5 Å². The topological polar surface area (TPSA) is 15.3 Å². The minimum atomic E-state index is 0.600. The molecule has 0 spiro atoms. The highest BCUT2D eigenvalue weighted by atomic mass is 79.9. The summed E-state index contributed by atoms with van der Waals surface area (Å²) in [7, 11) is 4.17. The van der Waals surface area contributed by atoms with Crippen molar-refractivity contribution in [3.05, 3.63) is 22.7 Å². The molecule has 2 rings (SSSR count). The molecule has 1 aliphatic heterocycles. The molecule has 2 atom stereocenters. The Kier molecular flexibility index (Phi) is 4.26. The first kappa shape index (κ1) is 13.1. The molecule has 0 saturated carbocycles. The van der Waals surface area contributed by atoms with Crippen LogP contribution in [0.1, 0.15) is 13.3 Å². The van der Waals surface area contributed by atoms with Gasteiger partial charge in [0, 0.05) is 35.6 Å². The van der Waals surface area contributed by atoms with Crippen LogP contribution in [-0.2, 0) is 0 Å². The minimum Gasteiger partial charge on any atom is -0.380 e. The molecule has 0 amide bonds. The van der Waals surface area contributed by atoms with Crippen LogP contribution in [0.2, 0.25) is 0 Å². The molecule has 0 bridgehead atoms. The fraction of sp³-hybridized carbons (Fsp3) is 0.538. The number of halogens is 1. The van der Waals surface area contributed by atoms with Crippen molar-refractivity contribution in [1.82, 2.24) is 0 Å². The Balaban J connectivity index is 2.16. The summed E-state index contributed by atoms with van der Waals surface area (Å²) >= 11 is 5.60. The van der Waals surface area contributed by atoms with Gasteiger partial charge in [0.05, 0.1) is 11.4 Å². The first-order valence-corrected chi connectivity index (χ1v) is 7.75. The van der Waals surface area contributed by atoms with Gasteiger partial charge in [-0.15, -0.1) is 0 Å². The average Bonchev–Trinajstić information content (AvgIpc) is 2.63. The van der Waals surface area contributed by atoms with Crippen LogP contribution in [0.3, 0.4) is 0 Å². The lowest BCUT2D eigenvalue weighted by Gasteiger charge is -2.21. The summed E-state index contributed by atoms with van der Waals surface area (Å²) in [5.74, 6) is 1.21. The number of nitrogens with zero attached hydrogens (tertiary/aromatic N) is 1. The SMILES string of the molecule is CC1CC(Nc2cc(Br)ccc2N(C)C)CS1. The maximum atomic E-state index is 3.67. The van der Waals surface area contributed by atoms with Gasteiger partial charge < -0.3 is 10.2 Å². The number of rotatable bonds is 3. The summed E-state index contributed by atoms with van der Waals surface area (Å²) in [6.45, 7) is 2.31. The van der Waals surface area contributed by atoms with Crippen LogP contribution in [0.25, 0.3) is 0 Å². The van der Waals surface area contributed by atoms with Crippen LogP contribution in [0.15, 0.2) is 22.7 Å². The Morgan fingerprint density at radius 2 is 2.18 bits per heavy atom. The van der Waals surface area contributed by atoms with Gasteiger partial charge in [0.2, 0.25) is 0 Å². The molecule has 94 valence electrons. The van der Waals surface area contributed by atoms with E-state index >= 15 is 0 Å². The van der Waals surface area contributed by atoms with Crippen LogP contribution in [0.4, 0.5) is 11.4 Å². The molecule has 1 aromatic carbocycles. The van der Waals surface area contributed by atoms with E-state index in [-0.39, 0.29) is 0 Å². The lowest BCUT2D eigenvalue weighted by Crippen LogP contribution is -2.21. The third-order valence-corrected chi connectivity index (χ3v) is 4.85. The Bertz CT molecular complexity index is 395. The zero-order valence-electron chi connectivity index (χ0n) is 10.5. The Hall–Kier alpha value is -0.350. The summed E-state index contributed by atoms with van der Waals surface area (Å²) in [6.07, 6.45) is 1.25. The maximum Gasteiger partial charge on any atom is 0.0597 e. The van der Waals surface area contributed by atoms with Gasteiger partial charge in [0.15, 0.2) is 0 Å². The predicted molar refractivity (Wildman–Crippen MR) is 82.4 cm³/mol. The van der Waals surface area contributed by atoms with Gasteiger partial charge in [-0.05, 0) is 24.6 Å². The predicted octanol–water partition coefficient (Wildman–Crippen LogP) is 3.82. The van der Waals surface area contributed by atoms with E-state index in [4.69, 9.17) is 0 Å². The van der Waals surface area contributed by atoms with E-state index in [0.717, 1.165) is 9.72 Å². The largest absolute Gasteiger partial charge is 0.380 e. The van der Waals surface area contributed by atoms with Crippen LogP contribution >= 0.6 is 27.7 Å². The van der Waals surface area contributed by atoms with Crippen molar-refractivity contribution >= 4 is 39.1 Å². The Morgan fingerprint density at radius 1 is 1.41 bits per heavy atom. The average molecular weight is 315 g/mol. The number of hydrogen-bond donors (Lipinski definition) is 1. The van der Waals surface area contributed by atoms with Crippen molar-refractivity contribution in [2.75, 3.05) is 30.1 Å². The summed E-state index contributed by atoms with van der Waals surface area (Å²) in [5, 5.41) is 4.45. The van der Waals surface area contributed by atoms with E-state index in [1.807, 2.05) is 0 Å². The molecule has 1 aromatic rings. The van der Waals surface area contributed by atoms with Gasteiger partial charge in [-0.1, -0.05) is 22.9 Å². The number of hydrogen-bond acceptors (Lipinski definition) is 3. The second-order valence-corrected chi connectivity index (χ2v) is 7.16.